The van der Waals surface area contributed by atoms with E-state index in [2.05, 4.69) is 5.32 Å². The molecule has 1 aliphatic carbocycles. The van der Waals surface area contributed by atoms with Crippen LogP contribution in [-0.4, -0.2) is 51.3 Å². The number of amides is 1. The molecule has 1 fully saturated rings. The van der Waals surface area contributed by atoms with E-state index in [1.165, 1.54) is 6.26 Å². The summed E-state index contributed by atoms with van der Waals surface area (Å²) in [6.07, 6.45) is 3.54. The fraction of sp³-hybridized carbons (Fsp3) is 0.429. The number of hydrogen-bond donors (Lipinski definition) is 1. The van der Waals surface area contributed by atoms with E-state index in [1.807, 2.05) is 49.4 Å². The highest BCUT2D eigenvalue weighted by atomic mass is 16.5. The number of nitrogens with one attached hydrogen (secondary N) is 1. The van der Waals surface area contributed by atoms with E-state index in [0.29, 0.717) is 49.5 Å². The zero-order valence-electron chi connectivity index (χ0n) is 21.0. The summed E-state index contributed by atoms with van der Waals surface area (Å²) in [6, 6.07) is 13.2. The van der Waals surface area contributed by atoms with Crippen molar-refractivity contribution in [2.75, 3.05) is 27.4 Å². The number of methoxy groups -OCH3 is 2. The van der Waals surface area contributed by atoms with Crippen molar-refractivity contribution < 1.29 is 33.3 Å². The molecule has 0 aromatic heterocycles. The van der Waals surface area contributed by atoms with E-state index < -0.39 is 0 Å². The van der Waals surface area contributed by atoms with Crippen molar-refractivity contribution >= 4 is 11.7 Å². The number of hydrogen-bond acceptors (Lipinski definition) is 7. The molecule has 8 heteroatoms. The van der Waals surface area contributed by atoms with Crippen LogP contribution in [-0.2, 0) is 25.5 Å². The van der Waals surface area contributed by atoms with Crippen LogP contribution in [0.3, 0.4) is 0 Å². The zero-order chi connectivity index (χ0) is 25.5. The summed E-state index contributed by atoms with van der Waals surface area (Å²) in [4.78, 5) is 25.2. The lowest BCUT2D eigenvalue weighted by molar-refractivity contribution is -0.138. The largest absolute Gasteiger partial charge is 0.493 e. The van der Waals surface area contributed by atoms with Gasteiger partial charge >= 0.3 is 0 Å². The molecule has 1 amide bonds. The Morgan fingerprint density at radius 1 is 1.08 bits per heavy atom. The molecule has 2 aromatic rings. The minimum absolute atomic E-state index is 0.0283. The zero-order valence-corrected chi connectivity index (χ0v) is 21.0. The molecular weight excluding hydrogens is 462 g/mol. The fourth-order valence-corrected chi connectivity index (χ4v) is 4.59. The third-order valence-corrected chi connectivity index (χ3v) is 6.52. The van der Waals surface area contributed by atoms with E-state index in [1.54, 1.807) is 14.2 Å². The molecule has 3 atom stereocenters. The van der Waals surface area contributed by atoms with Gasteiger partial charge in [-0.15, -0.1) is 0 Å². The molecule has 1 saturated carbocycles. The van der Waals surface area contributed by atoms with Gasteiger partial charge in [0.2, 0.25) is 17.4 Å². The first kappa shape index (κ1) is 25.6. The van der Waals surface area contributed by atoms with Crippen molar-refractivity contribution in [3.63, 3.8) is 0 Å². The number of rotatable bonds is 10. The topological polar surface area (TPSA) is 92.3 Å². The number of ether oxygens (including phenoxy) is 5. The summed E-state index contributed by atoms with van der Waals surface area (Å²) >= 11 is 0. The van der Waals surface area contributed by atoms with Crippen LogP contribution in [0, 0.1) is 12.8 Å². The molecule has 2 aliphatic rings. The summed E-state index contributed by atoms with van der Waals surface area (Å²) in [5.74, 6) is 1.70. The lowest BCUT2D eigenvalue weighted by Crippen LogP contribution is -2.43. The van der Waals surface area contributed by atoms with Crippen LogP contribution >= 0.6 is 0 Å². The first-order valence-electron chi connectivity index (χ1n) is 12.2. The molecule has 2 aromatic carbocycles. The molecule has 192 valence electrons. The third kappa shape index (κ3) is 6.37. The fourth-order valence-electron chi connectivity index (χ4n) is 4.59. The van der Waals surface area contributed by atoms with Gasteiger partial charge in [0.1, 0.15) is 24.7 Å². The van der Waals surface area contributed by atoms with Crippen LogP contribution in [0.15, 0.2) is 54.5 Å². The standard InChI is InChI=1S/C28H33NO7/c1-18-5-4-6-21(13-18)36-26-16-35-24-15-20(8-9-22(24)28(26)31)34-17-27(30)29-12-11-19-7-10-23(32-2)25(14-19)33-3/h4-7,10,13-14,16,20,22,24H,8-9,11-12,15,17H2,1-3H3,(H,29,30). The van der Waals surface area contributed by atoms with Gasteiger partial charge in [-0.3, -0.25) is 9.59 Å². The Labute approximate surface area is 211 Å². The highest BCUT2D eigenvalue weighted by Gasteiger charge is 2.41. The molecule has 1 aliphatic heterocycles. The molecule has 36 heavy (non-hydrogen) atoms. The van der Waals surface area contributed by atoms with Crippen molar-refractivity contribution in [2.24, 2.45) is 5.92 Å². The SMILES string of the molecule is COc1ccc(CCNC(=O)COC2CCC3C(=O)C(Oc4cccc(C)c4)=COC3C2)cc1OC. The van der Waals surface area contributed by atoms with Crippen LogP contribution in [0.5, 0.6) is 17.2 Å². The van der Waals surface area contributed by atoms with E-state index in [9.17, 15) is 9.59 Å². The predicted octanol–water partition coefficient (Wildman–Crippen LogP) is 3.74. The third-order valence-electron chi connectivity index (χ3n) is 6.52. The monoisotopic (exact) mass is 495 g/mol. The second-order valence-electron chi connectivity index (χ2n) is 9.08. The van der Waals surface area contributed by atoms with Crippen LogP contribution in [0.2, 0.25) is 0 Å². The average Bonchev–Trinajstić information content (AvgIpc) is 2.89. The van der Waals surface area contributed by atoms with Crippen molar-refractivity contribution in [3.8, 4) is 17.2 Å². The minimum atomic E-state index is -0.269. The van der Waals surface area contributed by atoms with Crippen molar-refractivity contribution in [2.45, 2.75) is 44.8 Å². The summed E-state index contributed by atoms with van der Waals surface area (Å²) in [5.41, 5.74) is 2.09. The molecule has 0 radical (unpaired) electrons. The maximum Gasteiger partial charge on any atom is 0.246 e. The minimum Gasteiger partial charge on any atom is -0.493 e. The van der Waals surface area contributed by atoms with Crippen molar-refractivity contribution in [3.05, 3.63) is 65.6 Å². The first-order chi connectivity index (χ1) is 17.5. The van der Waals surface area contributed by atoms with Gasteiger partial charge in [0.25, 0.3) is 0 Å². The van der Waals surface area contributed by atoms with Gasteiger partial charge in [-0.05, 0) is 61.6 Å². The van der Waals surface area contributed by atoms with Crippen molar-refractivity contribution in [1.82, 2.24) is 5.32 Å². The second kappa shape index (κ2) is 11.9. The number of ketones is 1. The van der Waals surface area contributed by atoms with Gasteiger partial charge in [0, 0.05) is 13.0 Å². The number of aryl methyl sites for hydroxylation is 1. The van der Waals surface area contributed by atoms with Gasteiger partial charge < -0.3 is 29.0 Å². The highest BCUT2D eigenvalue weighted by molar-refractivity contribution is 5.96. The van der Waals surface area contributed by atoms with Gasteiger partial charge in [-0.1, -0.05) is 18.2 Å². The van der Waals surface area contributed by atoms with E-state index in [4.69, 9.17) is 23.7 Å². The molecule has 1 heterocycles. The van der Waals surface area contributed by atoms with Gasteiger partial charge in [0.15, 0.2) is 11.5 Å². The smallest absolute Gasteiger partial charge is 0.246 e. The number of carbonyl (C=O) groups excluding carboxylic acids is 2. The summed E-state index contributed by atoms with van der Waals surface area (Å²) in [5, 5.41) is 2.89. The van der Waals surface area contributed by atoms with Crippen LogP contribution < -0.4 is 19.5 Å². The Bertz CT molecular complexity index is 1110. The molecule has 4 rings (SSSR count). The maximum atomic E-state index is 12.9. The normalized spacial score (nSPS) is 21.0. The van der Waals surface area contributed by atoms with Crippen molar-refractivity contribution in [1.29, 1.82) is 0 Å². The molecule has 0 saturated heterocycles. The van der Waals surface area contributed by atoms with Crippen LogP contribution in [0.1, 0.15) is 30.4 Å². The van der Waals surface area contributed by atoms with Crippen LogP contribution in [0.4, 0.5) is 0 Å². The number of carbonyl (C=O) groups is 2. The Balaban J connectivity index is 1.20. The Morgan fingerprint density at radius 2 is 1.92 bits per heavy atom. The maximum absolute atomic E-state index is 12.9. The van der Waals surface area contributed by atoms with Crippen LogP contribution in [0.25, 0.3) is 0 Å². The Kier molecular flexibility index (Phi) is 8.48. The van der Waals surface area contributed by atoms with Gasteiger partial charge in [0.05, 0.1) is 26.2 Å². The number of benzene rings is 2. The molecule has 3 unspecified atom stereocenters. The number of fused-ring (bicyclic) bond motifs is 1. The van der Waals surface area contributed by atoms with E-state index in [0.717, 1.165) is 11.1 Å². The highest BCUT2D eigenvalue weighted by Crippen LogP contribution is 2.35. The Morgan fingerprint density at radius 3 is 2.69 bits per heavy atom. The first-order valence-corrected chi connectivity index (χ1v) is 12.2. The molecule has 0 bridgehead atoms. The second-order valence-corrected chi connectivity index (χ2v) is 9.08. The lowest BCUT2D eigenvalue weighted by atomic mass is 9.80. The van der Waals surface area contributed by atoms with Gasteiger partial charge in [-0.25, -0.2) is 0 Å². The summed E-state index contributed by atoms with van der Waals surface area (Å²) in [7, 11) is 3.19. The van der Waals surface area contributed by atoms with Gasteiger partial charge in [-0.2, -0.15) is 0 Å². The Hall–Kier alpha value is -3.52. The molecule has 1 N–H and O–H groups in total. The molecule has 0 spiro atoms. The summed E-state index contributed by atoms with van der Waals surface area (Å²) in [6.45, 7) is 2.43. The number of Topliss-reactive ketones (excluding diaryl/α,β-unsaturated/α-hetero) is 1. The van der Waals surface area contributed by atoms with E-state index >= 15 is 0 Å². The van der Waals surface area contributed by atoms with E-state index in [-0.39, 0.29) is 42.2 Å². The number of allylic oxidation sites excluding steroid dienone is 1. The predicted molar refractivity (Wildman–Crippen MR) is 133 cm³/mol. The summed E-state index contributed by atoms with van der Waals surface area (Å²) < 4.78 is 28.0. The average molecular weight is 496 g/mol. The lowest BCUT2D eigenvalue weighted by Gasteiger charge is -2.37. The molecule has 8 nitrogen and oxygen atoms in total. The quantitative estimate of drug-likeness (QED) is 0.537. The molecular formula is C28H33NO7.